The normalized spacial score (nSPS) is 20.5. The molecule has 0 unspecified atom stereocenters. The first-order valence-corrected chi connectivity index (χ1v) is 11.4. The highest BCUT2D eigenvalue weighted by molar-refractivity contribution is 5.98. The van der Waals surface area contributed by atoms with E-state index < -0.39 is 35.9 Å². The van der Waals surface area contributed by atoms with Gasteiger partial charge in [0.05, 0.1) is 13.2 Å². The molecule has 0 atom stereocenters. The van der Waals surface area contributed by atoms with E-state index in [4.69, 9.17) is 4.74 Å². The molecule has 2 saturated heterocycles. The molecule has 0 aromatic carbocycles. The summed E-state index contributed by atoms with van der Waals surface area (Å²) in [5.74, 6) is -1.83. The number of carbonyl (C=O) groups excluding carboxylic acids is 1. The maximum atomic E-state index is 14.4. The van der Waals surface area contributed by atoms with Crippen LogP contribution in [-0.2, 0) is 9.53 Å². The van der Waals surface area contributed by atoms with E-state index in [1.165, 1.54) is 9.80 Å². The minimum Gasteiger partial charge on any atom is -0.498 e. The fourth-order valence-electron chi connectivity index (χ4n) is 3.92. The summed E-state index contributed by atoms with van der Waals surface area (Å²) >= 11 is 0. The summed E-state index contributed by atoms with van der Waals surface area (Å²) in [6.45, 7) is 5.33. The van der Waals surface area contributed by atoms with Crippen LogP contribution in [0.2, 0.25) is 0 Å². The van der Waals surface area contributed by atoms with Crippen molar-refractivity contribution in [3.05, 3.63) is 35.1 Å². The maximum Gasteiger partial charge on any atom is 0.401 e. The Hall–Kier alpha value is -1.90. The van der Waals surface area contributed by atoms with Gasteiger partial charge in [0, 0.05) is 25.6 Å². The molecular weight excluding hydrogens is 431 g/mol. The van der Waals surface area contributed by atoms with Crippen molar-refractivity contribution in [2.45, 2.75) is 58.5 Å². The van der Waals surface area contributed by atoms with Gasteiger partial charge >= 0.3 is 6.18 Å². The first kappa shape index (κ1) is 26.4. The van der Waals surface area contributed by atoms with E-state index in [1.807, 2.05) is 13.8 Å². The predicted octanol–water partition coefficient (Wildman–Crippen LogP) is 5.68. The van der Waals surface area contributed by atoms with Crippen LogP contribution in [0.5, 0.6) is 0 Å². The van der Waals surface area contributed by atoms with E-state index >= 15 is 0 Å². The molecule has 32 heavy (non-hydrogen) atoms. The van der Waals surface area contributed by atoms with Crippen LogP contribution in [0.3, 0.4) is 0 Å². The first-order chi connectivity index (χ1) is 15.2. The molecule has 1 aliphatic carbocycles. The molecular formula is C23H33F5N2O2. The molecule has 0 N–H and O–H groups in total. The number of amides is 1. The Morgan fingerprint density at radius 2 is 1.78 bits per heavy atom. The third kappa shape index (κ3) is 7.90. The van der Waals surface area contributed by atoms with Crippen LogP contribution < -0.4 is 0 Å². The van der Waals surface area contributed by atoms with Crippen molar-refractivity contribution < 1.29 is 31.5 Å². The van der Waals surface area contributed by atoms with Crippen LogP contribution in [0.15, 0.2) is 35.1 Å². The Balaban J connectivity index is 0.00000176. The number of ether oxygens (including phenoxy) is 1. The standard InChI is InChI=1S/C21H27F5N2O2.C2H6/c22-17-5-4-16(13-18(23)19(17)20(29)28-8-2-9-28)30-12-1-3-15-6-10-27(11-7-15)14-21(24,25)26;1-2/h5,13,15H,1-4,6-12,14H2;1-2H3. The van der Waals surface area contributed by atoms with E-state index in [1.54, 1.807) is 0 Å². The number of carbonyl (C=O) groups is 1. The monoisotopic (exact) mass is 464 g/mol. The van der Waals surface area contributed by atoms with Gasteiger partial charge in [0.1, 0.15) is 23.0 Å². The Morgan fingerprint density at radius 1 is 1.12 bits per heavy atom. The lowest BCUT2D eigenvalue weighted by atomic mass is 9.92. The van der Waals surface area contributed by atoms with Gasteiger partial charge < -0.3 is 9.64 Å². The highest BCUT2D eigenvalue weighted by Crippen LogP contribution is 2.29. The zero-order valence-corrected chi connectivity index (χ0v) is 18.8. The lowest BCUT2D eigenvalue weighted by Crippen LogP contribution is -2.43. The highest BCUT2D eigenvalue weighted by Gasteiger charge is 2.32. The van der Waals surface area contributed by atoms with Crippen molar-refractivity contribution in [1.29, 1.82) is 0 Å². The van der Waals surface area contributed by atoms with Gasteiger partial charge in [-0.25, -0.2) is 8.78 Å². The number of nitrogens with zero attached hydrogens (tertiary/aromatic N) is 2. The second-order valence-electron chi connectivity index (χ2n) is 8.06. The molecule has 0 spiro atoms. The van der Waals surface area contributed by atoms with Gasteiger partial charge in [-0.15, -0.1) is 0 Å². The van der Waals surface area contributed by atoms with Gasteiger partial charge in [-0.3, -0.25) is 9.69 Å². The Morgan fingerprint density at radius 3 is 2.34 bits per heavy atom. The molecule has 0 radical (unpaired) electrons. The summed E-state index contributed by atoms with van der Waals surface area (Å²) in [5.41, 5.74) is -0.543. The molecule has 0 saturated carbocycles. The number of rotatable bonds is 7. The van der Waals surface area contributed by atoms with Gasteiger partial charge in [0.15, 0.2) is 0 Å². The second kappa shape index (κ2) is 12.4. The van der Waals surface area contributed by atoms with Gasteiger partial charge in [-0.1, -0.05) is 13.8 Å². The average molecular weight is 465 g/mol. The number of likely N-dealkylation sites (tertiary alicyclic amines) is 2. The average Bonchev–Trinajstić information content (AvgIpc) is 2.83. The molecule has 4 nitrogen and oxygen atoms in total. The molecule has 0 aromatic rings. The van der Waals surface area contributed by atoms with Crippen LogP contribution in [0.4, 0.5) is 22.0 Å². The molecule has 2 aliphatic heterocycles. The molecule has 2 fully saturated rings. The molecule has 3 aliphatic rings. The maximum absolute atomic E-state index is 14.4. The van der Waals surface area contributed by atoms with E-state index in [2.05, 4.69) is 0 Å². The quantitative estimate of drug-likeness (QED) is 0.359. The zero-order chi connectivity index (χ0) is 23.7. The summed E-state index contributed by atoms with van der Waals surface area (Å²) in [4.78, 5) is 15.0. The Labute approximate surface area is 186 Å². The number of piperidine rings is 1. The van der Waals surface area contributed by atoms with Crippen molar-refractivity contribution in [2.75, 3.05) is 39.3 Å². The third-order valence-corrected chi connectivity index (χ3v) is 5.76. The first-order valence-electron chi connectivity index (χ1n) is 11.4. The largest absolute Gasteiger partial charge is 0.498 e. The van der Waals surface area contributed by atoms with Crippen LogP contribution in [0.25, 0.3) is 0 Å². The third-order valence-electron chi connectivity index (χ3n) is 5.76. The number of alkyl halides is 3. The van der Waals surface area contributed by atoms with E-state index in [0.717, 1.165) is 25.0 Å². The van der Waals surface area contributed by atoms with Crippen molar-refractivity contribution in [1.82, 2.24) is 9.80 Å². The van der Waals surface area contributed by atoms with Crippen LogP contribution in [0, 0.1) is 5.92 Å². The van der Waals surface area contributed by atoms with Crippen molar-refractivity contribution in [2.24, 2.45) is 5.92 Å². The fourth-order valence-corrected chi connectivity index (χ4v) is 3.92. The SMILES string of the molecule is CC.O=C(C1=C(F)C=C(OCCCC2CCN(CC(F)(F)F)CC2)CC=C1F)N1CCC1. The number of hydrogen-bond acceptors (Lipinski definition) is 3. The van der Waals surface area contributed by atoms with Crippen molar-refractivity contribution >= 4 is 5.91 Å². The summed E-state index contributed by atoms with van der Waals surface area (Å²) in [6.07, 6.45) is 1.88. The smallest absolute Gasteiger partial charge is 0.401 e. The molecule has 0 bridgehead atoms. The minimum absolute atomic E-state index is 0.0614. The summed E-state index contributed by atoms with van der Waals surface area (Å²) in [6, 6.07) is 0. The lowest BCUT2D eigenvalue weighted by Gasteiger charge is -2.32. The predicted molar refractivity (Wildman–Crippen MR) is 113 cm³/mol. The zero-order valence-electron chi connectivity index (χ0n) is 18.8. The molecule has 1 amide bonds. The van der Waals surface area contributed by atoms with Gasteiger partial charge in [0.2, 0.25) is 0 Å². The van der Waals surface area contributed by atoms with Crippen LogP contribution in [-0.4, -0.2) is 61.2 Å². The van der Waals surface area contributed by atoms with Gasteiger partial charge in [-0.05, 0) is 57.2 Å². The van der Waals surface area contributed by atoms with E-state index in [-0.39, 0.29) is 12.2 Å². The van der Waals surface area contributed by atoms with Crippen LogP contribution in [0.1, 0.15) is 52.4 Å². The summed E-state index contributed by atoms with van der Waals surface area (Å²) in [5, 5.41) is 0. The van der Waals surface area contributed by atoms with E-state index in [0.29, 0.717) is 58.0 Å². The number of allylic oxidation sites excluding steroid dienone is 3. The Kier molecular flexibility index (Phi) is 10.2. The second-order valence-corrected chi connectivity index (χ2v) is 8.06. The topological polar surface area (TPSA) is 32.8 Å². The Bertz CT molecular complexity index is 718. The van der Waals surface area contributed by atoms with Gasteiger partial charge in [0.25, 0.3) is 5.91 Å². The van der Waals surface area contributed by atoms with Crippen molar-refractivity contribution in [3.63, 3.8) is 0 Å². The number of hydrogen-bond donors (Lipinski definition) is 0. The molecule has 9 heteroatoms. The van der Waals surface area contributed by atoms with Crippen LogP contribution >= 0.6 is 0 Å². The van der Waals surface area contributed by atoms with Crippen molar-refractivity contribution in [3.8, 4) is 0 Å². The number of halogens is 5. The fraction of sp³-hybridized carbons (Fsp3) is 0.696. The highest BCUT2D eigenvalue weighted by atomic mass is 19.4. The lowest BCUT2D eigenvalue weighted by molar-refractivity contribution is -0.148. The summed E-state index contributed by atoms with van der Waals surface area (Å²) in [7, 11) is 0. The molecule has 182 valence electrons. The molecule has 3 rings (SSSR count). The minimum atomic E-state index is -4.16. The molecule has 0 aromatic heterocycles. The molecule has 2 heterocycles. The summed E-state index contributed by atoms with van der Waals surface area (Å²) < 4.78 is 71.5. The van der Waals surface area contributed by atoms with E-state index in [9.17, 15) is 26.7 Å². The van der Waals surface area contributed by atoms with Gasteiger partial charge in [-0.2, -0.15) is 13.2 Å².